The number of carboxylic acids is 1. The van der Waals surface area contributed by atoms with Gasteiger partial charge in [-0.1, -0.05) is 6.08 Å². The van der Waals surface area contributed by atoms with Gasteiger partial charge in [-0.05, 0) is 13.8 Å². The summed E-state index contributed by atoms with van der Waals surface area (Å²) in [5.74, 6) is -1.38. The van der Waals surface area contributed by atoms with Gasteiger partial charge in [-0.25, -0.2) is 4.79 Å². The molecule has 0 aromatic heterocycles. The maximum atomic E-state index is 12.1. The van der Waals surface area contributed by atoms with E-state index in [1.54, 1.807) is 13.8 Å². The number of hydrogen-bond acceptors (Lipinski definition) is 3. The largest absolute Gasteiger partial charge is 0.480 e. The average molecular weight is 271 g/mol. The maximum absolute atomic E-state index is 12.1. The number of carbonyl (C=O) groups is 3. The molecule has 19 heavy (non-hydrogen) atoms. The van der Waals surface area contributed by atoms with E-state index in [1.165, 1.54) is 11.0 Å². The Labute approximate surface area is 112 Å². The Morgan fingerprint density at radius 1 is 1.21 bits per heavy atom. The van der Waals surface area contributed by atoms with Crippen LogP contribution in [-0.2, 0) is 9.59 Å². The standard InChI is InChI=1S/C12H21N3O4/c1-4-7-15(9-11(17)18)12(19)14(6-3)8-10(16)13-5-2/h4H,1,5-9H2,2-3H3,(H,13,16)(H,17,18). The molecule has 0 spiro atoms. The Balaban J connectivity index is 4.71. The van der Waals surface area contributed by atoms with E-state index in [0.29, 0.717) is 13.1 Å². The Bertz CT molecular complexity index is 344. The predicted molar refractivity (Wildman–Crippen MR) is 70.7 cm³/mol. The Morgan fingerprint density at radius 3 is 2.26 bits per heavy atom. The van der Waals surface area contributed by atoms with Gasteiger partial charge in [0.1, 0.15) is 13.1 Å². The summed E-state index contributed by atoms with van der Waals surface area (Å²) < 4.78 is 0. The number of urea groups is 1. The summed E-state index contributed by atoms with van der Waals surface area (Å²) in [6.45, 7) is 7.41. The number of nitrogens with zero attached hydrogens (tertiary/aromatic N) is 2. The van der Waals surface area contributed by atoms with E-state index in [2.05, 4.69) is 11.9 Å². The van der Waals surface area contributed by atoms with E-state index in [0.717, 1.165) is 4.90 Å². The van der Waals surface area contributed by atoms with Crippen LogP contribution in [0, 0.1) is 0 Å². The highest BCUT2D eigenvalue weighted by atomic mass is 16.4. The van der Waals surface area contributed by atoms with Gasteiger partial charge in [0.05, 0.1) is 0 Å². The van der Waals surface area contributed by atoms with Gasteiger partial charge < -0.3 is 20.2 Å². The number of likely N-dealkylation sites (N-methyl/N-ethyl adjacent to an activating group) is 2. The van der Waals surface area contributed by atoms with E-state index < -0.39 is 18.5 Å². The molecule has 0 atom stereocenters. The zero-order valence-electron chi connectivity index (χ0n) is 11.4. The first-order chi connectivity index (χ1) is 8.96. The van der Waals surface area contributed by atoms with Gasteiger partial charge in [-0.3, -0.25) is 9.59 Å². The predicted octanol–water partition coefficient (Wildman–Crippen LogP) is 0.137. The second-order valence-corrected chi connectivity index (χ2v) is 3.81. The second-order valence-electron chi connectivity index (χ2n) is 3.81. The number of hydrogen-bond donors (Lipinski definition) is 2. The van der Waals surface area contributed by atoms with Crippen LogP contribution in [0.4, 0.5) is 4.79 Å². The van der Waals surface area contributed by atoms with Crippen molar-refractivity contribution >= 4 is 17.9 Å². The SMILES string of the molecule is C=CCN(CC(=O)O)C(=O)N(CC)CC(=O)NCC. The van der Waals surface area contributed by atoms with E-state index in [9.17, 15) is 14.4 Å². The molecule has 2 N–H and O–H groups in total. The van der Waals surface area contributed by atoms with Crippen LogP contribution in [-0.4, -0.2) is 65.5 Å². The van der Waals surface area contributed by atoms with E-state index >= 15 is 0 Å². The van der Waals surface area contributed by atoms with Crippen molar-refractivity contribution in [1.82, 2.24) is 15.1 Å². The molecule has 0 rings (SSSR count). The minimum absolute atomic E-state index is 0.0869. The van der Waals surface area contributed by atoms with Crippen LogP contribution < -0.4 is 5.32 Å². The van der Waals surface area contributed by atoms with Crippen LogP contribution in [0.15, 0.2) is 12.7 Å². The molecule has 0 heterocycles. The molecule has 0 unspecified atom stereocenters. The number of carbonyl (C=O) groups excluding carboxylic acids is 2. The lowest BCUT2D eigenvalue weighted by Crippen LogP contribution is -2.48. The molecule has 0 saturated carbocycles. The number of amides is 3. The first kappa shape index (κ1) is 16.9. The summed E-state index contributed by atoms with van der Waals surface area (Å²) in [6, 6.07) is -0.490. The van der Waals surface area contributed by atoms with Gasteiger partial charge >= 0.3 is 12.0 Å². The van der Waals surface area contributed by atoms with Crippen LogP contribution in [0.2, 0.25) is 0 Å². The molecule has 0 bridgehead atoms. The average Bonchev–Trinajstić information content (AvgIpc) is 2.34. The van der Waals surface area contributed by atoms with Crippen LogP contribution in [0.3, 0.4) is 0 Å². The quantitative estimate of drug-likeness (QED) is 0.614. The summed E-state index contributed by atoms with van der Waals surface area (Å²) in [7, 11) is 0. The lowest BCUT2D eigenvalue weighted by molar-refractivity contribution is -0.137. The number of nitrogens with one attached hydrogen (secondary N) is 1. The highest BCUT2D eigenvalue weighted by Crippen LogP contribution is 2.00. The molecule has 0 radical (unpaired) electrons. The van der Waals surface area contributed by atoms with Crippen molar-refractivity contribution < 1.29 is 19.5 Å². The van der Waals surface area contributed by atoms with Crippen molar-refractivity contribution in [1.29, 1.82) is 0 Å². The fraction of sp³-hybridized carbons (Fsp3) is 0.583. The van der Waals surface area contributed by atoms with Gasteiger partial charge in [-0.15, -0.1) is 6.58 Å². The highest BCUT2D eigenvalue weighted by Gasteiger charge is 2.22. The van der Waals surface area contributed by atoms with Gasteiger partial charge in [0.2, 0.25) is 5.91 Å². The number of aliphatic carboxylic acids is 1. The molecule has 0 aliphatic carbocycles. The van der Waals surface area contributed by atoms with Crippen molar-refractivity contribution in [3.05, 3.63) is 12.7 Å². The molecular weight excluding hydrogens is 250 g/mol. The molecule has 7 nitrogen and oxygen atoms in total. The van der Waals surface area contributed by atoms with E-state index in [-0.39, 0.29) is 19.0 Å². The summed E-state index contributed by atoms with van der Waals surface area (Å²) in [6.07, 6.45) is 1.45. The molecule has 0 aromatic carbocycles. The molecule has 0 saturated heterocycles. The highest BCUT2D eigenvalue weighted by molar-refractivity contribution is 5.85. The third-order valence-corrected chi connectivity index (χ3v) is 2.31. The Kier molecular flexibility index (Phi) is 7.99. The van der Waals surface area contributed by atoms with Crippen molar-refractivity contribution in [2.75, 3.05) is 32.7 Å². The molecule has 3 amide bonds. The second kappa shape index (κ2) is 8.96. The van der Waals surface area contributed by atoms with Crippen molar-refractivity contribution in [3.63, 3.8) is 0 Å². The third kappa shape index (κ3) is 6.44. The smallest absolute Gasteiger partial charge is 0.323 e. The fourth-order valence-electron chi connectivity index (χ4n) is 1.47. The maximum Gasteiger partial charge on any atom is 0.323 e. The fourth-order valence-corrected chi connectivity index (χ4v) is 1.47. The molecule has 0 aliphatic rings. The van der Waals surface area contributed by atoms with Gasteiger partial charge in [-0.2, -0.15) is 0 Å². The van der Waals surface area contributed by atoms with Gasteiger partial charge in [0.25, 0.3) is 0 Å². The first-order valence-electron chi connectivity index (χ1n) is 6.09. The Morgan fingerprint density at radius 2 is 1.84 bits per heavy atom. The van der Waals surface area contributed by atoms with Gasteiger partial charge in [0.15, 0.2) is 0 Å². The molecular formula is C12H21N3O4. The molecule has 0 aliphatic heterocycles. The van der Waals surface area contributed by atoms with E-state index in [1.807, 2.05) is 0 Å². The minimum Gasteiger partial charge on any atom is -0.480 e. The summed E-state index contributed by atoms with van der Waals surface area (Å²) in [5.41, 5.74) is 0. The summed E-state index contributed by atoms with van der Waals surface area (Å²) in [4.78, 5) is 36.7. The zero-order chi connectivity index (χ0) is 14.8. The zero-order valence-corrected chi connectivity index (χ0v) is 11.4. The van der Waals surface area contributed by atoms with Crippen molar-refractivity contribution in [2.45, 2.75) is 13.8 Å². The van der Waals surface area contributed by atoms with Crippen LogP contribution in [0.1, 0.15) is 13.8 Å². The van der Waals surface area contributed by atoms with Crippen LogP contribution in [0.25, 0.3) is 0 Å². The van der Waals surface area contributed by atoms with Crippen LogP contribution in [0.5, 0.6) is 0 Å². The van der Waals surface area contributed by atoms with E-state index in [4.69, 9.17) is 5.11 Å². The topological polar surface area (TPSA) is 90.0 Å². The molecule has 7 heteroatoms. The summed E-state index contributed by atoms with van der Waals surface area (Å²) >= 11 is 0. The third-order valence-electron chi connectivity index (χ3n) is 2.31. The van der Waals surface area contributed by atoms with Crippen molar-refractivity contribution in [2.24, 2.45) is 0 Å². The molecule has 0 aromatic rings. The first-order valence-corrected chi connectivity index (χ1v) is 6.09. The summed E-state index contributed by atoms with van der Waals surface area (Å²) in [5, 5.41) is 11.3. The molecule has 108 valence electrons. The number of carboxylic acid groups (broad SMARTS) is 1. The lowest BCUT2D eigenvalue weighted by Gasteiger charge is -2.27. The normalized spacial score (nSPS) is 9.58. The van der Waals surface area contributed by atoms with Crippen molar-refractivity contribution in [3.8, 4) is 0 Å². The lowest BCUT2D eigenvalue weighted by atomic mass is 10.4. The van der Waals surface area contributed by atoms with Gasteiger partial charge in [0, 0.05) is 19.6 Å². The minimum atomic E-state index is -1.11. The Hall–Kier alpha value is -2.05. The van der Waals surface area contributed by atoms with Crippen LogP contribution >= 0.6 is 0 Å². The number of rotatable bonds is 8. The molecule has 0 fully saturated rings. The monoisotopic (exact) mass is 271 g/mol.